The van der Waals surface area contributed by atoms with Gasteiger partial charge in [-0.3, -0.25) is 24.1 Å². The number of ether oxygens (including phenoxy) is 1. The minimum atomic E-state index is -2.94. The quantitative estimate of drug-likeness (QED) is 0.493. The first-order valence-electron chi connectivity index (χ1n) is 9.89. The number of imide groups is 1. The van der Waals surface area contributed by atoms with E-state index in [-0.39, 0.29) is 29.4 Å². The Bertz CT molecular complexity index is 1360. The molecule has 12 heteroatoms. The van der Waals surface area contributed by atoms with E-state index in [1.165, 1.54) is 30.3 Å². The zero-order valence-electron chi connectivity index (χ0n) is 17.3. The summed E-state index contributed by atoms with van der Waals surface area (Å²) >= 11 is 0.733. The number of carbonyl (C=O) groups is 3. The molecule has 2 aromatic carbocycles. The number of amides is 3. The van der Waals surface area contributed by atoms with Gasteiger partial charge in [-0.15, -0.1) is 0 Å². The van der Waals surface area contributed by atoms with Crippen molar-refractivity contribution in [1.82, 2.24) is 20.4 Å². The van der Waals surface area contributed by atoms with Crippen molar-refractivity contribution in [3.8, 4) is 5.75 Å². The molecule has 1 aromatic heterocycles. The van der Waals surface area contributed by atoms with Crippen molar-refractivity contribution in [1.29, 1.82) is 0 Å². The van der Waals surface area contributed by atoms with Crippen molar-refractivity contribution < 1.29 is 27.9 Å². The zero-order chi connectivity index (χ0) is 24.2. The second kappa shape index (κ2) is 9.83. The lowest BCUT2D eigenvalue weighted by atomic mass is 10.1. The number of carbonyl (C=O) groups excluding carboxylic acids is 3. The SMILES string of the molecule is O=C(NCCN1C(=O)S/C(=C\c2ccc(OC(F)F)cc2)C1=O)c1n[nH]c(=O)c2ccccc12. The zero-order valence-corrected chi connectivity index (χ0v) is 18.1. The van der Waals surface area contributed by atoms with Crippen LogP contribution in [0.4, 0.5) is 13.6 Å². The molecule has 34 heavy (non-hydrogen) atoms. The first-order valence-corrected chi connectivity index (χ1v) is 10.7. The summed E-state index contributed by atoms with van der Waals surface area (Å²) in [5, 5.41) is 8.85. The van der Waals surface area contributed by atoms with E-state index in [2.05, 4.69) is 20.3 Å². The molecule has 0 radical (unpaired) electrons. The number of thioether (sulfide) groups is 1. The molecule has 2 heterocycles. The molecule has 0 unspecified atom stereocenters. The monoisotopic (exact) mass is 486 g/mol. The second-order valence-electron chi connectivity index (χ2n) is 6.98. The highest BCUT2D eigenvalue weighted by Gasteiger charge is 2.34. The fourth-order valence-electron chi connectivity index (χ4n) is 3.24. The van der Waals surface area contributed by atoms with E-state index >= 15 is 0 Å². The predicted molar refractivity (Wildman–Crippen MR) is 120 cm³/mol. The summed E-state index contributed by atoms with van der Waals surface area (Å²) in [7, 11) is 0. The summed E-state index contributed by atoms with van der Waals surface area (Å²) in [6.45, 7) is -3.05. The van der Waals surface area contributed by atoms with E-state index in [9.17, 15) is 28.0 Å². The molecular formula is C22H16F2N4O5S. The Balaban J connectivity index is 1.39. The van der Waals surface area contributed by atoms with Gasteiger partial charge in [0.15, 0.2) is 5.69 Å². The summed E-state index contributed by atoms with van der Waals surface area (Å²) < 4.78 is 28.8. The average Bonchev–Trinajstić information content (AvgIpc) is 3.07. The minimum absolute atomic E-state index is 0.0171. The van der Waals surface area contributed by atoms with Crippen molar-refractivity contribution in [2.45, 2.75) is 6.61 Å². The van der Waals surface area contributed by atoms with E-state index in [1.54, 1.807) is 24.3 Å². The number of halogens is 2. The molecule has 0 atom stereocenters. The highest BCUT2D eigenvalue weighted by molar-refractivity contribution is 8.18. The Kier molecular flexibility index (Phi) is 6.68. The number of hydrogen-bond donors (Lipinski definition) is 2. The van der Waals surface area contributed by atoms with E-state index < -0.39 is 29.2 Å². The number of aromatic nitrogens is 2. The molecule has 0 bridgehead atoms. The van der Waals surface area contributed by atoms with Crippen LogP contribution in [0, 0.1) is 0 Å². The second-order valence-corrected chi connectivity index (χ2v) is 7.98. The normalized spacial score (nSPS) is 14.9. The Hall–Kier alpha value is -4.06. The summed E-state index contributed by atoms with van der Waals surface area (Å²) in [4.78, 5) is 50.5. The van der Waals surface area contributed by atoms with Crippen molar-refractivity contribution >= 4 is 45.7 Å². The van der Waals surface area contributed by atoms with E-state index in [0.717, 1.165) is 16.7 Å². The number of aromatic amines is 1. The van der Waals surface area contributed by atoms with Crippen molar-refractivity contribution in [3.63, 3.8) is 0 Å². The molecular weight excluding hydrogens is 470 g/mol. The number of nitrogens with one attached hydrogen (secondary N) is 2. The molecule has 4 rings (SSSR count). The molecule has 1 aliphatic rings. The maximum atomic E-state index is 12.6. The van der Waals surface area contributed by atoms with Crippen molar-refractivity contribution in [3.05, 3.63) is 75.0 Å². The number of fused-ring (bicyclic) bond motifs is 1. The fourth-order valence-corrected chi connectivity index (χ4v) is 4.11. The largest absolute Gasteiger partial charge is 0.435 e. The number of nitrogens with zero attached hydrogens (tertiary/aromatic N) is 2. The molecule has 1 saturated heterocycles. The van der Waals surface area contributed by atoms with Gasteiger partial charge >= 0.3 is 6.61 Å². The summed E-state index contributed by atoms with van der Waals surface area (Å²) in [5.74, 6) is -1.13. The van der Waals surface area contributed by atoms with Crippen LogP contribution in [-0.2, 0) is 4.79 Å². The van der Waals surface area contributed by atoms with Gasteiger partial charge in [0.25, 0.3) is 22.6 Å². The highest BCUT2D eigenvalue weighted by Crippen LogP contribution is 2.32. The smallest absolute Gasteiger partial charge is 0.387 e. The summed E-state index contributed by atoms with van der Waals surface area (Å²) in [6, 6.07) is 12.1. The molecule has 0 aliphatic carbocycles. The van der Waals surface area contributed by atoms with Crippen LogP contribution in [0.2, 0.25) is 0 Å². The molecule has 2 N–H and O–H groups in total. The lowest BCUT2D eigenvalue weighted by molar-refractivity contribution is -0.122. The van der Waals surface area contributed by atoms with E-state index in [0.29, 0.717) is 16.3 Å². The molecule has 9 nitrogen and oxygen atoms in total. The summed E-state index contributed by atoms with van der Waals surface area (Å²) in [6.07, 6.45) is 1.46. The first-order chi connectivity index (χ1) is 16.3. The molecule has 174 valence electrons. The molecule has 3 aromatic rings. The van der Waals surface area contributed by atoms with Crippen LogP contribution in [0.15, 0.2) is 58.2 Å². The number of H-pyrrole nitrogens is 1. The standard InChI is InChI=1S/C22H16F2N4O5S/c23-21(24)33-13-7-5-12(6-8-13)11-16-20(31)28(22(32)34-16)10-9-25-19(30)17-14-3-1-2-4-15(14)18(29)27-26-17/h1-8,11,21H,9-10H2,(H,25,30)(H,27,29)/b16-11-. The molecule has 0 saturated carbocycles. The van der Waals surface area contributed by atoms with Crippen LogP contribution < -0.4 is 15.6 Å². The number of hydrogen-bond acceptors (Lipinski definition) is 7. The first kappa shape index (κ1) is 23.1. The van der Waals surface area contributed by atoms with Gasteiger partial charge in [0.2, 0.25) is 0 Å². The van der Waals surface area contributed by atoms with Crippen LogP contribution in [0.3, 0.4) is 0 Å². The van der Waals surface area contributed by atoms with Gasteiger partial charge in [-0.1, -0.05) is 30.3 Å². The Morgan fingerprint density at radius 2 is 1.82 bits per heavy atom. The predicted octanol–water partition coefficient (Wildman–Crippen LogP) is 2.99. The average molecular weight is 486 g/mol. The highest BCUT2D eigenvalue weighted by atomic mass is 32.2. The van der Waals surface area contributed by atoms with Crippen molar-refractivity contribution in [2.75, 3.05) is 13.1 Å². The van der Waals surface area contributed by atoms with Gasteiger partial charge in [-0.25, -0.2) is 5.10 Å². The van der Waals surface area contributed by atoms with Gasteiger partial charge < -0.3 is 10.1 Å². The van der Waals surface area contributed by atoms with Gasteiger partial charge in [0.05, 0.1) is 10.3 Å². The lowest BCUT2D eigenvalue weighted by Crippen LogP contribution is -2.37. The number of benzene rings is 2. The Morgan fingerprint density at radius 3 is 2.53 bits per heavy atom. The third-order valence-corrected chi connectivity index (χ3v) is 5.72. The van der Waals surface area contributed by atoms with Gasteiger partial charge in [-0.05, 0) is 41.6 Å². The fraction of sp³-hybridized carbons (Fsp3) is 0.136. The van der Waals surface area contributed by atoms with Gasteiger partial charge in [-0.2, -0.15) is 13.9 Å². The van der Waals surface area contributed by atoms with Crippen LogP contribution in [-0.4, -0.2) is 51.9 Å². The molecule has 3 amide bonds. The number of rotatable bonds is 7. The van der Waals surface area contributed by atoms with Crippen molar-refractivity contribution in [2.24, 2.45) is 0 Å². The Labute approximate surface area is 194 Å². The maximum Gasteiger partial charge on any atom is 0.387 e. The molecule has 0 spiro atoms. The third-order valence-electron chi connectivity index (χ3n) is 4.81. The Morgan fingerprint density at radius 1 is 1.12 bits per heavy atom. The van der Waals surface area contributed by atoms with Crippen LogP contribution in [0.5, 0.6) is 5.75 Å². The van der Waals surface area contributed by atoms with Crippen LogP contribution >= 0.6 is 11.8 Å². The minimum Gasteiger partial charge on any atom is -0.435 e. The molecule has 1 fully saturated rings. The van der Waals surface area contributed by atoms with Crippen LogP contribution in [0.1, 0.15) is 16.1 Å². The third kappa shape index (κ3) is 4.96. The van der Waals surface area contributed by atoms with Gasteiger partial charge in [0, 0.05) is 18.5 Å². The number of alkyl halides is 2. The maximum absolute atomic E-state index is 12.6. The van der Waals surface area contributed by atoms with E-state index in [4.69, 9.17) is 0 Å². The molecule has 1 aliphatic heterocycles. The summed E-state index contributed by atoms with van der Waals surface area (Å²) in [5.41, 5.74) is 0.118. The lowest BCUT2D eigenvalue weighted by Gasteiger charge is -2.13. The van der Waals surface area contributed by atoms with Gasteiger partial charge in [0.1, 0.15) is 5.75 Å². The van der Waals surface area contributed by atoms with Crippen LogP contribution in [0.25, 0.3) is 16.8 Å². The topological polar surface area (TPSA) is 121 Å². The van der Waals surface area contributed by atoms with E-state index in [1.807, 2.05) is 0 Å².